The lowest BCUT2D eigenvalue weighted by atomic mass is 10.0. The zero-order chi connectivity index (χ0) is 20.1. The Hall–Kier alpha value is -2.73. The van der Waals surface area contributed by atoms with E-state index < -0.39 is 0 Å². The Labute approximate surface area is 177 Å². The Morgan fingerprint density at radius 2 is 2.03 bits per heavy atom. The number of rotatable bonds is 6. The molecule has 1 N–H and O–H groups in total. The molecule has 0 saturated heterocycles. The van der Waals surface area contributed by atoms with Gasteiger partial charge in [-0.05, 0) is 23.6 Å². The van der Waals surface area contributed by atoms with E-state index in [9.17, 15) is 10.1 Å². The number of fused-ring (bicyclic) bond motifs is 1. The van der Waals surface area contributed by atoms with E-state index in [-0.39, 0.29) is 11.7 Å². The van der Waals surface area contributed by atoms with E-state index in [4.69, 9.17) is 0 Å². The second kappa shape index (κ2) is 9.18. The number of thioether (sulfide) groups is 1. The van der Waals surface area contributed by atoms with Crippen molar-refractivity contribution in [2.45, 2.75) is 24.7 Å². The fourth-order valence-corrected chi connectivity index (χ4v) is 5.15. The lowest BCUT2D eigenvalue weighted by Crippen LogP contribution is -2.29. The molecule has 4 rings (SSSR count). The van der Waals surface area contributed by atoms with Gasteiger partial charge in [0.05, 0.1) is 11.3 Å². The molecule has 0 radical (unpaired) electrons. The van der Waals surface area contributed by atoms with Crippen molar-refractivity contribution < 1.29 is 4.79 Å². The van der Waals surface area contributed by atoms with Crippen molar-refractivity contribution in [1.82, 2.24) is 14.9 Å². The van der Waals surface area contributed by atoms with E-state index in [0.717, 1.165) is 36.5 Å². The summed E-state index contributed by atoms with van der Waals surface area (Å²) in [5.74, 6) is 0.0519. The Morgan fingerprint density at radius 3 is 2.79 bits per heavy atom. The SMILES string of the molecule is N#Cc1c(NC(=O)CSc2ncccn2)sc2c1CCN(Cc1ccccc1)C2. The van der Waals surface area contributed by atoms with E-state index in [1.54, 1.807) is 18.5 Å². The number of benzene rings is 1. The molecule has 3 heterocycles. The van der Waals surface area contributed by atoms with Crippen molar-refractivity contribution in [3.63, 3.8) is 0 Å². The number of hydrogen-bond acceptors (Lipinski definition) is 7. The summed E-state index contributed by atoms with van der Waals surface area (Å²) < 4.78 is 0. The highest BCUT2D eigenvalue weighted by molar-refractivity contribution is 7.99. The Morgan fingerprint density at radius 1 is 1.24 bits per heavy atom. The number of carbonyl (C=O) groups is 1. The third-order valence-electron chi connectivity index (χ3n) is 4.62. The van der Waals surface area contributed by atoms with E-state index >= 15 is 0 Å². The first kappa shape index (κ1) is 19.6. The van der Waals surface area contributed by atoms with Crippen LogP contribution in [0.1, 0.15) is 21.6 Å². The van der Waals surface area contributed by atoms with Crippen LogP contribution in [0.5, 0.6) is 0 Å². The van der Waals surface area contributed by atoms with Crippen LogP contribution >= 0.6 is 23.1 Å². The Balaban J connectivity index is 1.42. The zero-order valence-electron chi connectivity index (χ0n) is 15.7. The summed E-state index contributed by atoms with van der Waals surface area (Å²) in [4.78, 5) is 24.1. The van der Waals surface area contributed by atoms with Crippen molar-refractivity contribution in [2.75, 3.05) is 17.6 Å². The molecule has 6 nitrogen and oxygen atoms in total. The molecule has 2 aromatic heterocycles. The van der Waals surface area contributed by atoms with Crippen LogP contribution in [0.2, 0.25) is 0 Å². The first-order valence-corrected chi connectivity index (χ1v) is 11.0. The van der Waals surface area contributed by atoms with Crippen LogP contribution in [0.4, 0.5) is 5.00 Å². The second-order valence-electron chi connectivity index (χ2n) is 6.63. The number of carbonyl (C=O) groups excluding carboxylic acids is 1. The van der Waals surface area contributed by atoms with Gasteiger partial charge in [0, 0.05) is 36.9 Å². The minimum absolute atomic E-state index is 0.154. The number of anilines is 1. The van der Waals surface area contributed by atoms with Crippen LogP contribution < -0.4 is 5.32 Å². The van der Waals surface area contributed by atoms with Crippen LogP contribution in [0.25, 0.3) is 0 Å². The summed E-state index contributed by atoms with van der Waals surface area (Å²) in [5.41, 5.74) is 2.97. The molecule has 0 aliphatic carbocycles. The molecule has 1 aliphatic heterocycles. The summed E-state index contributed by atoms with van der Waals surface area (Å²) in [7, 11) is 0. The number of hydrogen-bond donors (Lipinski definition) is 1. The molecule has 0 unspecified atom stereocenters. The highest BCUT2D eigenvalue weighted by atomic mass is 32.2. The molecule has 3 aromatic rings. The predicted octanol–water partition coefficient (Wildman–Crippen LogP) is 3.70. The molecular formula is C21H19N5OS2. The number of nitriles is 1. The number of aromatic nitrogens is 2. The first-order valence-electron chi connectivity index (χ1n) is 9.23. The van der Waals surface area contributed by atoms with Gasteiger partial charge in [0.1, 0.15) is 11.1 Å². The van der Waals surface area contributed by atoms with Crippen molar-refractivity contribution >= 4 is 34.0 Å². The van der Waals surface area contributed by atoms with Crippen LogP contribution in [-0.2, 0) is 24.3 Å². The standard InChI is InChI=1S/C21H19N5OS2/c22-11-17-16-7-10-26(12-15-5-2-1-3-6-15)13-18(16)29-20(17)25-19(27)14-28-21-23-8-4-9-24-21/h1-6,8-9H,7,10,12-14H2,(H,25,27). The third kappa shape index (κ3) is 4.82. The van der Waals surface area contributed by atoms with Crippen LogP contribution in [0.3, 0.4) is 0 Å². The molecule has 0 atom stereocenters. The van der Waals surface area contributed by atoms with Gasteiger partial charge in [-0.25, -0.2) is 9.97 Å². The maximum absolute atomic E-state index is 12.4. The number of nitrogens with zero attached hydrogens (tertiary/aromatic N) is 4. The molecule has 8 heteroatoms. The van der Waals surface area contributed by atoms with Gasteiger partial charge in [-0.15, -0.1) is 11.3 Å². The summed E-state index contributed by atoms with van der Waals surface area (Å²) >= 11 is 2.79. The van der Waals surface area contributed by atoms with Crippen LogP contribution in [0.15, 0.2) is 53.9 Å². The van der Waals surface area contributed by atoms with E-state index in [1.165, 1.54) is 28.7 Å². The summed E-state index contributed by atoms with van der Waals surface area (Å²) in [5, 5.41) is 13.8. The van der Waals surface area contributed by atoms with Gasteiger partial charge < -0.3 is 5.32 Å². The summed E-state index contributed by atoms with van der Waals surface area (Å²) in [6, 6.07) is 14.4. The number of amides is 1. The highest BCUT2D eigenvalue weighted by Gasteiger charge is 2.25. The van der Waals surface area contributed by atoms with Crippen LogP contribution in [-0.4, -0.2) is 33.1 Å². The highest BCUT2D eigenvalue weighted by Crippen LogP contribution is 2.37. The van der Waals surface area contributed by atoms with E-state index in [1.807, 2.05) is 6.07 Å². The molecule has 0 spiro atoms. The molecule has 29 heavy (non-hydrogen) atoms. The van der Waals surface area contributed by atoms with Gasteiger partial charge in [0.15, 0.2) is 5.16 Å². The fourth-order valence-electron chi connectivity index (χ4n) is 3.29. The van der Waals surface area contributed by atoms with Gasteiger partial charge in [0.2, 0.25) is 5.91 Å². The summed E-state index contributed by atoms with van der Waals surface area (Å²) in [6.07, 6.45) is 4.12. The van der Waals surface area contributed by atoms with Crippen molar-refractivity contribution in [3.8, 4) is 6.07 Å². The van der Waals surface area contributed by atoms with Gasteiger partial charge in [0.25, 0.3) is 0 Å². The first-order chi connectivity index (χ1) is 14.2. The maximum Gasteiger partial charge on any atom is 0.235 e. The third-order valence-corrected chi connectivity index (χ3v) is 6.63. The quantitative estimate of drug-likeness (QED) is 0.483. The molecular weight excluding hydrogens is 402 g/mol. The number of nitrogens with one attached hydrogen (secondary N) is 1. The van der Waals surface area contributed by atoms with Crippen molar-refractivity contribution in [1.29, 1.82) is 5.26 Å². The predicted molar refractivity (Wildman–Crippen MR) is 115 cm³/mol. The molecule has 0 fully saturated rings. The van der Waals surface area contributed by atoms with E-state index in [0.29, 0.717) is 15.7 Å². The normalized spacial score (nSPS) is 13.5. The molecule has 0 saturated carbocycles. The smallest absolute Gasteiger partial charge is 0.235 e. The maximum atomic E-state index is 12.4. The monoisotopic (exact) mass is 421 g/mol. The molecule has 1 aliphatic rings. The van der Waals surface area contributed by atoms with Gasteiger partial charge in [-0.2, -0.15) is 5.26 Å². The average Bonchev–Trinajstić information content (AvgIpc) is 3.09. The number of thiophene rings is 1. The average molecular weight is 422 g/mol. The minimum atomic E-state index is -0.154. The molecule has 146 valence electrons. The van der Waals surface area contributed by atoms with Gasteiger partial charge >= 0.3 is 0 Å². The zero-order valence-corrected chi connectivity index (χ0v) is 17.3. The van der Waals surface area contributed by atoms with Crippen LogP contribution in [0, 0.1) is 11.3 Å². The lowest BCUT2D eigenvalue weighted by molar-refractivity contribution is -0.113. The summed E-state index contributed by atoms with van der Waals surface area (Å²) in [6.45, 7) is 2.59. The molecule has 1 amide bonds. The Bertz CT molecular complexity index is 1030. The lowest BCUT2D eigenvalue weighted by Gasteiger charge is -2.26. The topological polar surface area (TPSA) is 81.9 Å². The van der Waals surface area contributed by atoms with Crippen molar-refractivity contribution in [2.24, 2.45) is 0 Å². The molecule has 0 bridgehead atoms. The fraction of sp³-hybridized carbons (Fsp3) is 0.238. The van der Waals surface area contributed by atoms with E-state index in [2.05, 4.69) is 50.5 Å². The minimum Gasteiger partial charge on any atom is -0.316 e. The van der Waals surface area contributed by atoms with Gasteiger partial charge in [-0.1, -0.05) is 42.1 Å². The second-order valence-corrected chi connectivity index (χ2v) is 8.68. The van der Waals surface area contributed by atoms with Crippen molar-refractivity contribution in [3.05, 3.63) is 70.4 Å². The van der Waals surface area contributed by atoms with Gasteiger partial charge in [-0.3, -0.25) is 9.69 Å². The molecule has 1 aromatic carbocycles. The largest absolute Gasteiger partial charge is 0.316 e. The Kier molecular flexibility index (Phi) is 6.20.